The largest absolute Gasteiger partial charge is 0.336 e. The topological polar surface area (TPSA) is 57.6 Å². The molecule has 0 saturated carbocycles. The van der Waals surface area contributed by atoms with Crippen LogP contribution in [0.1, 0.15) is 0 Å². The lowest BCUT2D eigenvalue weighted by molar-refractivity contribution is 0.388. The van der Waals surface area contributed by atoms with Gasteiger partial charge in [-0.15, -0.1) is 25.6 Å². The van der Waals surface area contributed by atoms with E-state index in [0.717, 1.165) is 4.31 Å². The van der Waals surface area contributed by atoms with Crippen molar-refractivity contribution in [1.82, 2.24) is 4.31 Å². The van der Waals surface area contributed by atoms with Crippen molar-refractivity contribution in [2.24, 2.45) is 0 Å². The van der Waals surface area contributed by atoms with E-state index in [1.807, 2.05) is 0 Å². The van der Waals surface area contributed by atoms with Gasteiger partial charge >= 0.3 is 10.3 Å². The minimum atomic E-state index is -4.10. The van der Waals surface area contributed by atoms with Gasteiger partial charge in [-0.05, 0) is 0 Å². The third-order valence-corrected chi connectivity index (χ3v) is 1.94. The van der Waals surface area contributed by atoms with E-state index in [1.165, 1.54) is 12.2 Å². The monoisotopic (exact) mass is 213 g/mol. The van der Waals surface area contributed by atoms with Crippen LogP contribution in [0.5, 0.6) is 0 Å². The molecule has 0 saturated heterocycles. The van der Waals surface area contributed by atoms with Crippen molar-refractivity contribution in [2.45, 2.75) is 0 Å². The molecule has 0 fully saturated rings. The van der Waals surface area contributed by atoms with Gasteiger partial charge in [0, 0.05) is 13.1 Å². The average molecular weight is 214 g/mol. The van der Waals surface area contributed by atoms with Gasteiger partial charge in [0.25, 0.3) is 0 Å². The first-order chi connectivity index (χ1) is 5.02. The summed E-state index contributed by atoms with van der Waals surface area (Å²) in [5, 5.41) is 0. The van der Waals surface area contributed by atoms with E-state index < -0.39 is 10.3 Å². The first-order valence-corrected chi connectivity index (χ1v) is 4.36. The Balaban J connectivity index is 0. The molecule has 0 unspecified atom stereocenters. The summed E-state index contributed by atoms with van der Waals surface area (Å²) in [7, 11) is -4.10. The van der Waals surface area contributed by atoms with Crippen molar-refractivity contribution in [1.29, 1.82) is 0 Å². The van der Waals surface area contributed by atoms with Gasteiger partial charge in [0.15, 0.2) is 0 Å². The second kappa shape index (κ2) is 6.19. The highest BCUT2D eigenvalue weighted by atomic mass is 35.5. The fraction of sp³-hybridized carbons (Fsp3) is 0.333. The molecule has 0 aromatic rings. The average Bonchev–Trinajstić information content (AvgIpc) is 1.85. The fourth-order valence-electron chi connectivity index (χ4n) is 0.551. The molecule has 0 radical (unpaired) electrons. The third kappa shape index (κ3) is 5.31. The molecule has 1 N–H and O–H groups in total. The smallest absolute Gasteiger partial charge is 0.273 e. The Kier molecular flexibility index (Phi) is 7.31. The maximum absolute atomic E-state index is 10.5. The number of rotatable bonds is 5. The molecule has 0 amide bonds. The summed E-state index contributed by atoms with van der Waals surface area (Å²) >= 11 is 0. The standard InChI is InChI=1S/C6H11NO3S.ClH/c1-3-5-7(6-4-2)11(8,9)10;/h3-4H,1-2,5-6H2,(H,8,9,10);1H. The SMILES string of the molecule is C=CCN(CC=C)S(=O)(=O)O.Cl. The van der Waals surface area contributed by atoms with Crippen molar-refractivity contribution >= 4 is 22.7 Å². The molecule has 0 spiro atoms. The van der Waals surface area contributed by atoms with Crippen molar-refractivity contribution in [2.75, 3.05) is 13.1 Å². The Morgan fingerprint density at radius 2 is 1.58 bits per heavy atom. The maximum atomic E-state index is 10.5. The van der Waals surface area contributed by atoms with Gasteiger partial charge < -0.3 is 0 Å². The Labute approximate surface area is 78.9 Å². The lowest BCUT2D eigenvalue weighted by atomic mass is 10.5. The molecule has 6 heteroatoms. The second-order valence-corrected chi connectivity index (χ2v) is 3.28. The summed E-state index contributed by atoms with van der Waals surface area (Å²) in [4.78, 5) is 0. The molecule has 0 heterocycles. The molecular formula is C6H12ClNO3S. The molecule has 0 rings (SSSR count). The van der Waals surface area contributed by atoms with Gasteiger partial charge in [0.05, 0.1) is 0 Å². The van der Waals surface area contributed by atoms with Crippen LogP contribution in [0.15, 0.2) is 25.3 Å². The molecule has 12 heavy (non-hydrogen) atoms. The molecule has 0 aliphatic heterocycles. The second-order valence-electron chi connectivity index (χ2n) is 1.87. The van der Waals surface area contributed by atoms with Crippen LogP contribution in [-0.2, 0) is 10.3 Å². The molecule has 72 valence electrons. The quantitative estimate of drug-likeness (QED) is 0.545. The molecule has 0 atom stereocenters. The maximum Gasteiger partial charge on any atom is 0.336 e. The van der Waals surface area contributed by atoms with E-state index >= 15 is 0 Å². The van der Waals surface area contributed by atoms with Crippen LogP contribution >= 0.6 is 12.4 Å². The van der Waals surface area contributed by atoms with Gasteiger partial charge in [-0.2, -0.15) is 12.7 Å². The van der Waals surface area contributed by atoms with E-state index in [1.54, 1.807) is 0 Å². The minimum Gasteiger partial charge on any atom is -0.273 e. The normalized spacial score (nSPS) is 10.5. The lowest BCUT2D eigenvalue weighted by Gasteiger charge is -2.13. The van der Waals surface area contributed by atoms with E-state index in [0.29, 0.717) is 0 Å². The zero-order valence-corrected chi connectivity index (χ0v) is 8.14. The molecule has 0 aromatic heterocycles. The summed E-state index contributed by atoms with van der Waals surface area (Å²) in [5.41, 5.74) is 0. The number of hydrogen-bond donors (Lipinski definition) is 1. The molecule has 0 bridgehead atoms. The van der Waals surface area contributed by atoms with E-state index in [9.17, 15) is 8.42 Å². The van der Waals surface area contributed by atoms with Crippen LogP contribution in [0.2, 0.25) is 0 Å². The fourth-order valence-corrected chi connectivity index (χ4v) is 1.14. The highest BCUT2D eigenvalue weighted by molar-refractivity contribution is 7.83. The van der Waals surface area contributed by atoms with Crippen molar-refractivity contribution in [3.8, 4) is 0 Å². The highest BCUT2D eigenvalue weighted by Gasteiger charge is 2.14. The zero-order valence-electron chi connectivity index (χ0n) is 6.51. The van der Waals surface area contributed by atoms with Crippen LogP contribution in [0.3, 0.4) is 0 Å². The Morgan fingerprint density at radius 3 is 1.75 bits per heavy atom. The molecular weight excluding hydrogens is 202 g/mol. The third-order valence-electron chi connectivity index (χ3n) is 0.992. The first-order valence-electron chi connectivity index (χ1n) is 2.96. The van der Waals surface area contributed by atoms with E-state index in [-0.39, 0.29) is 25.5 Å². The Hall–Kier alpha value is -0.360. The lowest BCUT2D eigenvalue weighted by Crippen LogP contribution is -2.30. The van der Waals surface area contributed by atoms with Crippen molar-refractivity contribution in [3.63, 3.8) is 0 Å². The minimum absolute atomic E-state index is 0. The highest BCUT2D eigenvalue weighted by Crippen LogP contribution is 1.96. The summed E-state index contributed by atoms with van der Waals surface area (Å²) in [6, 6.07) is 0. The predicted octanol–water partition coefficient (Wildman–Crippen LogP) is 0.885. The predicted molar refractivity (Wildman–Crippen MR) is 50.8 cm³/mol. The van der Waals surface area contributed by atoms with E-state index in [4.69, 9.17) is 4.55 Å². The first kappa shape index (κ1) is 14.2. The van der Waals surface area contributed by atoms with Crippen molar-refractivity contribution in [3.05, 3.63) is 25.3 Å². The van der Waals surface area contributed by atoms with Gasteiger partial charge in [0.2, 0.25) is 0 Å². The summed E-state index contributed by atoms with van der Waals surface area (Å²) in [6.45, 7) is 6.87. The van der Waals surface area contributed by atoms with Crippen LogP contribution in [-0.4, -0.2) is 30.4 Å². The van der Waals surface area contributed by atoms with Crippen LogP contribution in [0.4, 0.5) is 0 Å². The number of halogens is 1. The van der Waals surface area contributed by atoms with Gasteiger partial charge in [-0.25, -0.2) is 0 Å². The van der Waals surface area contributed by atoms with Crippen LogP contribution < -0.4 is 0 Å². The van der Waals surface area contributed by atoms with Gasteiger partial charge in [-0.3, -0.25) is 4.55 Å². The summed E-state index contributed by atoms with van der Waals surface area (Å²) in [5.74, 6) is 0. The van der Waals surface area contributed by atoms with Gasteiger partial charge in [-0.1, -0.05) is 12.2 Å². The molecule has 0 aliphatic rings. The number of nitrogens with zero attached hydrogens (tertiary/aromatic N) is 1. The van der Waals surface area contributed by atoms with Crippen LogP contribution in [0, 0.1) is 0 Å². The number of hydrogen-bond acceptors (Lipinski definition) is 2. The summed E-state index contributed by atoms with van der Waals surface area (Å²) < 4.78 is 30.4. The molecule has 0 aliphatic carbocycles. The van der Waals surface area contributed by atoms with Gasteiger partial charge in [0.1, 0.15) is 0 Å². The van der Waals surface area contributed by atoms with Crippen LogP contribution in [0.25, 0.3) is 0 Å². The Bertz CT molecular complexity index is 227. The van der Waals surface area contributed by atoms with Crippen molar-refractivity contribution < 1.29 is 13.0 Å². The Morgan fingerprint density at radius 1 is 1.25 bits per heavy atom. The van der Waals surface area contributed by atoms with E-state index in [2.05, 4.69) is 13.2 Å². The summed E-state index contributed by atoms with van der Waals surface area (Å²) in [6.07, 6.45) is 2.77. The zero-order chi connectivity index (χ0) is 8.91. The molecule has 0 aromatic carbocycles. The molecule has 4 nitrogen and oxygen atoms in total.